The summed E-state index contributed by atoms with van der Waals surface area (Å²) in [5.74, 6) is 1.39. The molecule has 6 nitrogen and oxygen atoms in total. The second kappa shape index (κ2) is 11.2. The van der Waals surface area contributed by atoms with Crippen LogP contribution in [0.4, 0.5) is 0 Å². The maximum Gasteiger partial charge on any atom is 0.227 e. The largest absolute Gasteiger partial charge is 0.456 e. The molecule has 6 heteroatoms. The van der Waals surface area contributed by atoms with Gasteiger partial charge in [0.25, 0.3) is 0 Å². The fourth-order valence-corrected chi connectivity index (χ4v) is 7.84. The lowest BCUT2D eigenvalue weighted by atomic mass is 9.91. The molecular formula is C46H28N4O2. The van der Waals surface area contributed by atoms with Gasteiger partial charge in [0.05, 0.1) is 5.39 Å². The van der Waals surface area contributed by atoms with Crippen molar-refractivity contribution in [1.29, 1.82) is 0 Å². The Labute approximate surface area is 297 Å². The highest BCUT2D eigenvalue weighted by molar-refractivity contribution is 6.23. The fourth-order valence-electron chi connectivity index (χ4n) is 7.84. The highest BCUT2D eigenvalue weighted by Crippen LogP contribution is 2.41. The van der Waals surface area contributed by atoms with E-state index in [0.29, 0.717) is 11.5 Å². The molecule has 0 saturated carbocycles. The van der Waals surface area contributed by atoms with Crippen LogP contribution >= 0.6 is 0 Å². The van der Waals surface area contributed by atoms with Gasteiger partial charge in [-0.3, -0.25) is 0 Å². The number of amidine groups is 2. The zero-order chi connectivity index (χ0) is 34.2. The lowest BCUT2D eigenvalue weighted by Gasteiger charge is -2.26. The Morgan fingerprint density at radius 3 is 2.15 bits per heavy atom. The number of fused-ring (bicyclic) bond motifs is 8. The molecule has 1 N–H and O–H groups in total. The molecule has 0 amide bonds. The molecule has 0 bridgehead atoms. The topological polar surface area (TPSA) is 75.9 Å². The van der Waals surface area contributed by atoms with Gasteiger partial charge in [0.15, 0.2) is 5.84 Å². The van der Waals surface area contributed by atoms with E-state index in [1.807, 2.05) is 54.7 Å². The first-order chi connectivity index (χ1) is 25.8. The van der Waals surface area contributed by atoms with Crippen LogP contribution in [0.15, 0.2) is 177 Å². The molecule has 1 atom stereocenters. The molecule has 7 aromatic carbocycles. The molecule has 10 aromatic rings. The molecule has 1 aliphatic heterocycles. The van der Waals surface area contributed by atoms with E-state index in [-0.39, 0.29) is 0 Å². The van der Waals surface area contributed by atoms with Crippen LogP contribution in [-0.2, 0) is 0 Å². The second-order valence-electron chi connectivity index (χ2n) is 13.2. The molecule has 0 spiro atoms. The van der Waals surface area contributed by atoms with Crippen molar-refractivity contribution in [3.63, 3.8) is 0 Å². The molecule has 1 unspecified atom stereocenters. The third-order valence-electron chi connectivity index (χ3n) is 10.2. The van der Waals surface area contributed by atoms with Gasteiger partial charge in [0.1, 0.15) is 28.8 Å². The van der Waals surface area contributed by atoms with E-state index in [4.69, 9.17) is 23.8 Å². The van der Waals surface area contributed by atoms with E-state index in [9.17, 15) is 0 Å². The average molecular weight is 669 g/mol. The Morgan fingerprint density at radius 1 is 0.519 bits per heavy atom. The van der Waals surface area contributed by atoms with Crippen LogP contribution in [0.3, 0.4) is 0 Å². The second-order valence-corrected chi connectivity index (χ2v) is 13.2. The van der Waals surface area contributed by atoms with Crippen LogP contribution in [0.5, 0.6) is 0 Å². The van der Waals surface area contributed by atoms with E-state index in [1.54, 1.807) is 0 Å². The predicted molar refractivity (Wildman–Crippen MR) is 211 cm³/mol. The summed E-state index contributed by atoms with van der Waals surface area (Å²) >= 11 is 0. The molecule has 52 heavy (non-hydrogen) atoms. The zero-order valence-corrected chi connectivity index (χ0v) is 27.7. The Balaban J connectivity index is 1.18. The Kier molecular flexibility index (Phi) is 6.21. The summed E-state index contributed by atoms with van der Waals surface area (Å²) in [7, 11) is 0. The van der Waals surface area contributed by atoms with Crippen LogP contribution in [0.1, 0.15) is 22.9 Å². The third kappa shape index (κ3) is 4.41. The van der Waals surface area contributed by atoms with Crippen molar-refractivity contribution in [2.24, 2.45) is 9.98 Å². The number of nitrogens with zero attached hydrogens (tertiary/aromatic N) is 3. The summed E-state index contributed by atoms with van der Waals surface area (Å²) in [5, 5.41) is 12.4. The summed E-state index contributed by atoms with van der Waals surface area (Å²) < 4.78 is 12.7. The molecule has 4 heterocycles. The first kappa shape index (κ1) is 28.8. The summed E-state index contributed by atoms with van der Waals surface area (Å²) in [4.78, 5) is 15.3. The van der Waals surface area contributed by atoms with Gasteiger partial charge in [-0.1, -0.05) is 121 Å². The Morgan fingerprint density at radius 2 is 1.27 bits per heavy atom. The highest BCUT2D eigenvalue weighted by atomic mass is 16.3. The standard InChI is InChI=1S/C46H28N4O2/c1-2-12-28(13-3-1)43-48-44(35-18-10-20-38-40(35)34-17-8-9-19-37(34)51-38)50-45(49-43)41-31-16-7-6-11-27(31)21-22-32(41)33-23-24-47-46-42(33)36-25-29-14-4-5-15-30(29)26-39(36)52-46/h1-26,44H,(H,48,49,50). The highest BCUT2D eigenvalue weighted by Gasteiger charge is 2.28. The normalized spacial score (nSPS) is 14.7. The van der Waals surface area contributed by atoms with Gasteiger partial charge in [0.2, 0.25) is 5.71 Å². The zero-order valence-electron chi connectivity index (χ0n) is 27.7. The monoisotopic (exact) mass is 668 g/mol. The number of furan rings is 2. The maximum atomic E-state index is 6.43. The average Bonchev–Trinajstić information content (AvgIpc) is 3.77. The molecule has 1 aliphatic rings. The number of pyridine rings is 1. The fraction of sp³-hybridized carbons (Fsp3) is 0.0217. The quantitative estimate of drug-likeness (QED) is 0.202. The van der Waals surface area contributed by atoms with E-state index in [2.05, 4.69) is 108 Å². The maximum absolute atomic E-state index is 6.43. The van der Waals surface area contributed by atoms with Gasteiger partial charge < -0.3 is 14.2 Å². The van der Waals surface area contributed by atoms with Gasteiger partial charge in [-0.15, -0.1) is 0 Å². The third-order valence-corrected chi connectivity index (χ3v) is 10.2. The molecule has 3 aromatic heterocycles. The molecular weight excluding hydrogens is 641 g/mol. The number of rotatable bonds is 4. The van der Waals surface area contributed by atoms with Crippen LogP contribution in [0.25, 0.3) is 76.7 Å². The molecule has 11 rings (SSSR count). The van der Waals surface area contributed by atoms with Gasteiger partial charge in [-0.2, -0.15) is 0 Å². The molecule has 0 radical (unpaired) electrons. The lowest BCUT2D eigenvalue weighted by Crippen LogP contribution is -2.34. The minimum absolute atomic E-state index is 0.446. The number of hydrogen-bond donors (Lipinski definition) is 1. The number of hydrogen-bond acceptors (Lipinski definition) is 6. The smallest absolute Gasteiger partial charge is 0.227 e. The SMILES string of the molecule is c1ccc(C2=NC(c3cccc4oc5ccccc5c34)NC(c3c(-c4ccnc5oc6cc7ccccc7cc6c45)ccc4ccccc34)=N2)cc1. The number of aliphatic imine (C=N–C) groups is 2. The van der Waals surface area contributed by atoms with E-state index < -0.39 is 6.17 Å². The molecule has 244 valence electrons. The summed E-state index contributed by atoms with van der Waals surface area (Å²) in [6, 6.07) is 52.2. The minimum Gasteiger partial charge on any atom is -0.456 e. The van der Waals surface area contributed by atoms with Gasteiger partial charge in [-0.05, 0) is 63.0 Å². The van der Waals surface area contributed by atoms with Crippen LogP contribution in [0.2, 0.25) is 0 Å². The number of para-hydroxylation sites is 1. The van der Waals surface area contributed by atoms with Crippen LogP contribution < -0.4 is 5.32 Å². The van der Waals surface area contributed by atoms with E-state index >= 15 is 0 Å². The minimum atomic E-state index is -0.446. The van der Waals surface area contributed by atoms with Gasteiger partial charge in [0, 0.05) is 39.0 Å². The number of aromatic nitrogens is 1. The van der Waals surface area contributed by atoms with Crippen molar-refractivity contribution in [2.75, 3.05) is 0 Å². The number of nitrogens with one attached hydrogen (secondary N) is 1. The predicted octanol–water partition coefficient (Wildman–Crippen LogP) is 11.3. The first-order valence-corrected chi connectivity index (χ1v) is 17.4. The summed E-state index contributed by atoms with van der Waals surface area (Å²) in [6.45, 7) is 0. The molecule has 0 fully saturated rings. The molecule has 0 aliphatic carbocycles. The van der Waals surface area contributed by atoms with Crippen LogP contribution in [-0.4, -0.2) is 16.7 Å². The van der Waals surface area contributed by atoms with E-state index in [1.165, 1.54) is 0 Å². The number of benzene rings is 7. The van der Waals surface area contributed by atoms with Gasteiger partial charge >= 0.3 is 0 Å². The summed E-state index contributed by atoms with van der Waals surface area (Å²) in [6.07, 6.45) is 1.39. The van der Waals surface area contributed by atoms with Crippen molar-refractivity contribution in [3.05, 3.63) is 175 Å². The van der Waals surface area contributed by atoms with Crippen molar-refractivity contribution >= 4 is 77.2 Å². The van der Waals surface area contributed by atoms with Crippen molar-refractivity contribution < 1.29 is 8.83 Å². The van der Waals surface area contributed by atoms with Crippen molar-refractivity contribution in [2.45, 2.75) is 6.17 Å². The van der Waals surface area contributed by atoms with Crippen LogP contribution in [0, 0.1) is 0 Å². The summed E-state index contributed by atoms with van der Waals surface area (Å²) in [5.41, 5.74) is 8.07. The van der Waals surface area contributed by atoms with Crippen molar-refractivity contribution in [3.8, 4) is 11.1 Å². The van der Waals surface area contributed by atoms with Crippen molar-refractivity contribution in [1.82, 2.24) is 10.3 Å². The molecule has 0 saturated heterocycles. The lowest BCUT2D eigenvalue weighted by molar-refractivity contribution is 0.654. The van der Waals surface area contributed by atoms with Gasteiger partial charge in [-0.25, -0.2) is 15.0 Å². The first-order valence-electron chi connectivity index (χ1n) is 17.4. The van der Waals surface area contributed by atoms with E-state index in [0.717, 1.165) is 93.5 Å². The Hall–Kier alpha value is -7.05. The Bertz CT molecular complexity index is 3120.